The normalized spacial score (nSPS) is 13.4. The first-order valence-electron chi connectivity index (χ1n) is 12.7. The molecule has 1 N–H and O–H groups in total. The van der Waals surface area contributed by atoms with Gasteiger partial charge in [-0.1, -0.05) is 54.6 Å². The van der Waals surface area contributed by atoms with Crippen LogP contribution in [0.3, 0.4) is 0 Å². The van der Waals surface area contributed by atoms with Crippen LogP contribution in [0.25, 0.3) is 11.3 Å². The van der Waals surface area contributed by atoms with Gasteiger partial charge in [0.25, 0.3) is 5.91 Å². The lowest BCUT2D eigenvalue weighted by Crippen LogP contribution is -2.46. The van der Waals surface area contributed by atoms with Gasteiger partial charge in [-0.25, -0.2) is 4.98 Å². The quantitative estimate of drug-likeness (QED) is 0.338. The van der Waals surface area contributed by atoms with E-state index < -0.39 is 0 Å². The summed E-state index contributed by atoms with van der Waals surface area (Å²) in [5.41, 5.74) is 5.10. The summed E-state index contributed by atoms with van der Waals surface area (Å²) in [4.78, 5) is 22.1. The predicted octanol–water partition coefficient (Wildman–Crippen LogP) is 5.11. The van der Waals surface area contributed by atoms with Crippen LogP contribution < -0.4 is 15.0 Å². The van der Waals surface area contributed by atoms with Gasteiger partial charge in [-0.15, -0.1) is 11.3 Å². The average Bonchev–Trinajstić information content (AvgIpc) is 3.46. The molecule has 0 radical (unpaired) electrons. The topological polar surface area (TPSA) is 57.7 Å². The second-order valence-electron chi connectivity index (χ2n) is 9.11. The second kappa shape index (κ2) is 12.0. The van der Waals surface area contributed by atoms with Gasteiger partial charge in [0.2, 0.25) is 0 Å². The van der Waals surface area contributed by atoms with E-state index in [4.69, 9.17) is 9.72 Å². The van der Waals surface area contributed by atoms with E-state index in [1.807, 2.05) is 47.4 Å². The van der Waals surface area contributed by atoms with Crippen molar-refractivity contribution < 1.29 is 9.53 Å². The molecule has 0 unspecified atom stereocenters. The maximum absolute atomic E-state index is 12.9. The number of aromatic nitrogens is 1. The van der Waals surface area contributed by atoms with Crippen molar-refractivity contribution in [1.29, 1.82) is 0 Å². The largest absolute Gasteiger partial charge is 0.496 e. The van der Waals surface area contributed by atoms with Crippen molar-refractivity contribution in [1.82, 2.24) is 15.2 Å². The number of nitrogens with zero attached hydrogens (tertiary/aromatic N) is 3. The molecule has 1 fully saturated rings. The number of carbonyl (C=O) groups excluding carboxylic acids is 1. The number of amides is 1. The van der Waals surface area contributed by atoms with Crippen molar-refractivity contribution in [3.63, 3.8) is 0 Å². The molecule has 4 aromatic rings. The number of piperazine rings is 1. The monoisotopic (exact) mass is 512 g/mol. The molecule has 1 amide bonds. The number of rotatable bonds is 9. The molecule has 1 aliphatic heterocycles. The highest BCUT2D eigenvalue weighted by Crippen LogP contribution is 2.33. The highest BCUT2D eigenvalue weighted by molar-refractivity contribution is 7.14. The molecule has 0 saturated carbocycles. The Hall–Kier alpha value is -3.68. The van der Waals surface area contributed by atoms with E-state index in [-0.39, 0.29) is 5.91 Å². The number of hydrogen-bond acceptors (Lipinski definition) is 6. The molecular weight excluding hydrogens is 480 g/mol. The van der Waals surface area contributed by atoms with E-state index in [2.05, 4.69) is 52.0 Å². The third-order valence-corrected chi connectivity index (χ3v) is 7.54. The molecule has 2 heterocycles. The Balaban J connectivity index is 1.35. The summed E-state index contributed by atoms with van der Waals surface area (Å²) in [5.74, 6) is 0.926. The smallest absolute Gasteiger partial charge is 0.253 e. The molecule has 5 rings (SSSR count). The molecule has 37 heavy (non-hydrogen) atoms. The lowest BCUT2D eigenvalue weighted by Gasteiger charge is -2.27. The van der Waals surface area contributed by atoms with Gasteiger partial charge in [-0.2, -0.15) is 0 Å². The van der Waals surface area contributed by atoms with Crippen molar-refractivity contribution in [2.45, 2.75) is 13.0 Å². The van der Waals surface area contributed by atoms with Gasteiger partial charge >= 0.3 is 0 Å². The van der Waals surface area contributed by atoms with Gasteiger partial charge in [0, 0.05) is 55.8 Å². The SMILES string of the molecule is COc1ccccc1-c1csc(N(CCc2ccccc2)Cc2ccc(C(=O)N3CCNCC3)cc2)n1. The fourth-order valence-corrected chi connectivity index (χ4v) is 5.42. The number of thiazole rings is 1. The van der Waals surface area contributed by atoms with Gasteiger partial charge in [0.15, 0.2) is 5.13 Å². The minimum atomic E-state index is 0.107. The molecule has 1 aliphatic rings. The van der Waals surface area contributed by atoms with Gasteiger partial charge in [-0.05, 0) is 41.8 Å². The number of carbonyl (C=O) groups is 1. The third-order valence-electron chi connectivity index (χ3n) is 6.64. The van der Waals surface area contributed by atoms with Crippen LogP contribution in [0.15, 0.2) is 84.2 Å². The molecule has 0 atom stereocenters. The standard InChI is InChI=1S/C30H32N4O2S/c1-36-28-10-6-5-9-26(28)27-22-37-30(32-27)34(18-15-23-7-3-2-4-8-23)21-24-11-13-25(14-12-24)29(35)33-19-16-31-17-20-33/h2-14,22,31H,15-21H2,1H3. The summed E-state index contributed by atoms with van der Waals surface area (Å²) < 4.78 is 5.56. The number of hydrogen-bond donors (Lipinski definition) is 1. The van der Waals surface area contributed by atoms with E-state index in [0.29, 0.717) is 6.54 Å². The molecule has 0 aliphatic carbocycles. The van der Waals surface area contributed by atoms with E-state index in [1.165, 1.54) is 5.56 Å². The minimum absolute atomic E-state index is 0.107. The number of anilines is 1. The number of nitrogens with one attached hydrogen (secondary N) is 1. The highest BCUT2D eigenvalue weighted by atomic mass is 32.1. The summed E-state index contributed by atoms with van der Waals surface area (Å²) in [5, 5.41) is 6.36. The Morgan fingerprint density at radius 2 is 1.70 bits per heavy atom. The van der Waals surface area contributed by atoms with Crippen molar-refractivity contribution in [3.8, 4) is 17.0 Å². The van der Waals surface area contributed by atoms with E-state index in [1.54, 1.807) is 18.4 Å². The molecule has 7 heteroatoms. The van der Waals surface area contributed by atoms with Crippen LogP contribution in [0.1, 0.15) is 21.5 Å². The first-order chi connectivity index (χ1) is 18.2. The van der Waals surface area contributed by atoms with E-state index >= 15 is 0 Å². The third kappa shape index (κ3) is 6.18. The molecular formula is C30H32N4O2S. The van der Waals surface area contributed by atoms with Gasteiger partial charge < -0.3 is 19.9 Å². The van der Waals surface area contributed by atoms with Gasteiger partial charge in [0.05, 0.1) is 12.8 Å². The van der Waals surface area contributed by atoms with Crippen molar-refractivity contribution in [2.75, 3.05) is 44.7 Å². The number of para-hydroxylation sites is 1. The van der Waals surface area contributed by atoms with Crippen LogP contribution in [0, 0.1) is 0 Å². The number of ether oxygens (including phenoxy) is 1. The summed E-state index contributed by atoms with van der Waals surface area (Å²) in [7, 11) is 1.69. The molecule has 3 aromatic carbocycles. The number of benzene rings is 3. The fourth-order valence-electron chi connectivity index (χ4n) is 4.56. The van der Waals surface area contributed by atoms with Gasteiger partial charge in [-0.3, -0.25) is 4.79 Å². The van der Waals surface area contributed by atoms with Crippen LogP contribution in [0.4, 0.5) is 5.13 Å². The summed E-state index contributed by atoms with van der Waals surface area (Å²) in [6.45, 7) is 4.77. The maximum Gasteiger partial charge on any atom is 0.253 e. The lowest BCUT2D eigenvalue weighted by atomic mass is 10.1. The highest BCUT2D eigenvalue weighted by Gasteiger charge is 2.19. The first-order valence-corrected chi connectivity index (χ1v) is 13.6. The van der Waals surface area contributed by atoms with Crippen LogP contribution in [0.5, 0.6) is 5.75 Å². The Morgan fingerprint density at radius 3 is 2.46 bits per heavy atom. The zero-order valence-corrected chi connectivity index (χ0v) is 21.9. The Bertz CT molecular complexity index is 1300. The first kappa shape index (κ1) is 25.0. The second-order valence-corrected chi connectivity index (χ2v) is 9.95. The Labute approximate surface area is 222 Å². The molecule has 1 aromatic heterocycles. The van der Waals surface area contributed by atoms with Crippen molar-refractivity contribution in [3.05, 3.63) is 101 Å². The van der Waals surface area contributed by atoms with Crippen LogP contribution >= 0.6 is 11.3 Å². The molecule has 190 valence electrons. The van der Waals surface area contributed by atoms with E-state index in [0.717, 1.165) is 72.4 Å². The summed E-state index contributed by atoms with van der Waals surface area (Å²) >= 11 is 1.65. The minimum Gasteiger partial charge on any atom is -0.496 e. The lowest BCUT2D eigenvalue weighted by molar-refractivity contribution is 0.0736. The van der Waals surface area contributed by atoms with Gasteiger partial charge in [0.1, 0.15) is 5.75 Å². The summed E-state index contributed by atoms with van der Waals surface area (Å²) in [6.07, 6.45) is 0.921. The Kier molecular flexibility index (Phi) is 8.13. The van der Waals surface area contributed by atoms with E-state index in [9.17, 15) is 4.79 Å². The van der Waals surface area contributed by atoms with Crippen molar-refractivity contribution >= 4 is 22.4 Å². The predicted molar refractivity (Wildman–Crippen MR) is 151 cm³/mol. The fraction of sp³-hybridized carbons (Fsp3) is 0.267. The molecule has 0 spiro atoms. The Morgan fingerprint density at radius 1 is 0.973 bits per heavy atom. The molecule has 6 nitrogen and oxygen atoms in total. The number of methoxy groups -OCH3 is 1. The maximum atomic E-state index is 12.9. The molecule has 0 bridgehead atoms. The van der Waals surface area contributed by atoms with Crippen molar-refractivity contribution in [2.24, 2.45) is 0 Å². The zero-order valence-electron chi connectivity index (χ0n) is 21.1. The van der Waals surface area contributed by atoms with Crippen LogP contribution in [-0.2, 0) is 13.0 Å². The zero-order chi connectivity index (χ0) is 25.5. The molecule has 1 saturated heterocycles. The van der Waals surface area contributed by atoms with Crippen LogP contribution in [-0.4, -0.2) is 55.6 Å². The average molecular weight is 513 g/mol. The summed E-state index contributed by atoms with van der Waals surface area (Å²) in [6, 6.07) is 26.6. The van der Waals surface area contributed by atoms with Crippen LogP contribution in [0.2, 0.25) is 0 Å².